The van der Waals surface area contributed by atoms with Crippen molar-refractivity contribution < 1.29 is 14.1 Å². The lowest BCUT2D eigenvalue weighted by molar-refractivity contribution is -0.117. The number of methoxy groups -OCH3 is 1. The fourth-order valence-corrected chi connectivity index (χ4v) is 3.78. The standard InChI is InChI=1S/C18H16N4O4S/c1-25-12-4-2-3-11(7-12)14-5-6-17(24)22(20-14)8-16(23)19-18-13-9-27-10-15(13)21-26-18/h2-7H,8-10H2,1H3,(H,19,23). The number of aromatic nitrogens is 3. The van der Waals surface area contributed by atoms with Gasteiger partial charge < -0.3 is 9.26 Å². The third-order valence-electron chi connectivity index (χ3n) is 4.13. The highest BCUT2D eigenvalue weighted by Crippen LogP contribution is 2.34. The second kappa shape index (κ2) is 7.28. The molecule has 138 valence electrons. The molecule has 1 N–H and O–H groups in total. The largest absolute Gasteiger partial charge is 0.497 e. The van der Waals surface area contributed by atoms with Crippen LogP contribution in [0, 0.1) is 0 Å². The van der Waals surface area contributed by atoms with Crippen molar-refractivity contribution in [3.63, 3.8) is 0 Å². The molecular formula is C18H16N4O4S. The molecule has 3 heterocycles. The Bertz CT molecular complexity index is 1060. The van der Waals surface area contributed by atoms with Gasteiger partial charge in [0.2, 0.25) is 11.8 Å². The number of benzene rings is 1. The highest BCUT2D eigenvalue weighted by atomic mass is 32.2. The van der Waals surface area contributed by atoms with E-state index in [4.69, 9.17) is 9.26 Å². The monoisotopic (exact) mass is 384 g/mol. The summed E-state index contributed by atoms with van der Waals surface area (Å²) in [5.41, 5.74) is 2.74. The number of ether oxygens (including phenoxy) is 1. The maximum Gasteiger partial charge on any atom is 0.267 e. The van der Waals surface area contributed by atoms with Crippen LogP contribution in [-0.4, -0.2) is 28.0 Å². The Morgan fingerprint density at radius 1 is 1.33 bits per heavy atom. The molecule has 8 nitrogen and oxygen atoms in total. The fourth-order valence-electron chi connectivity index (χ4n) is 2.75. The van der Waals surface area contributed by atoms with E-state index in [-0.39, 0.29) is 12.1 Å². The lowest BCUT2D eigenvalue weighted by atomic mass is 10.1. The summed E-state index contributed by atoms with van der Waals surface area (Å²) in [7, 11) is 1.58. The second-order valence-electron chi connectivity index (χ2n) is 5.92. The lowest BCUT2D eigenvalue weighted by Gasteiger charge is -2.08. The average Bonchev–Trinajstić information content (AvgIpc) is 3.29. The number of nitrogens with zero attached hydrogens (tertiary/aromatic N) is 3. The molecule has 2 aromatic heterocycles. The number of anilines is 1. The Kier molecular flexibility index (Phi) is 4.68. The van der Waals surface area contributed by atoms with E-state index in [1.165, 1.54) is 6.07 Å². The van der Waals surface area contributed by atoms with Crippen LogP contribution in [0.5, 0.6) is 5.75 Å². The van der Waals surface area contributed by atoms with Crippen LogP contribution in [0.4, 0.5) is 5.88 Å². The van der Waals surface area contributed by atoms with Gasteiger partial charge in [-0.2, -0.15) is 16.9 Å². The van der Waals surface area contributed by atoms with Crippen LogP contribution in [0.3, 0.4) is 0 Å². The number of fused-ring (bicyclic) bond motifs is 1. The van der Waals surface area contributed by atoms with Gasteiger partial charge in [0, 0.05) is 23.1 Å². The number of hydrogen-bond acceptors (Lipinski definition) is 7. The van der Waals surface area contributed by atoms with Crippen LogP contribution < -0.4 is 15.6 Å². The Morgan fingerprint density at radius 3 is 3.07 bits per heavy atom. The number of carbonyl (C=O) groups is 1. The van der Waals surface area contributed by atoms with Crippen molar-refractivity contribution in [2.45, 2.75) is 18.1 Å². The Morgan fingerprint density at radius 2 is 2.22 bits per heavy atom. The zero-order valence-electron chi connectivity index (χ0n) is 14.5. The number of thioether (sulfide) groups is 1. The average molecular weight is 384 g/mol. The van der Waals surface area contributed by atoms with Crippen molar-refractivity contribution in [1.82, 2.24) is 14.9 Å². The van der Waals surface area contributed by atoms with E-state index < -0.39 is 5.91 Å². The van der Waals surface area contributed by atoms with Crippen LogP contribution in [0.15, 0.2) is 45.7 Å². The molecule has 0 saturated carbocycles. The SMILES string of the molecule is COc1cccc(-c2ccc(=O)n(CC(=O)Nc3onc4c3CSC4)n2)c1. The zero-order chi connectivity index (χ0) is 18.8. The maximum absolute atomic E-state index is 12.4. The lowest BCUT2D eigenvalue weighted by Crippen LogP contribution is -2.29. The number of rotatable bonds is 5. The van der Waals surface area contributed by atoms with Gasteiger partial charge in [-0.15, -0.1) is 0 Å². The molecular weight excluding hydrogens is 368 g/mol. The third kappa shape index (κ3) is 3.59. The van der Waals surface area contributed by atoms with Crippen molar-refractivity contribution in [3.05, 3.63) is 58.0 Å². The minimum absolute atomic E-state index is 0.223. The number of amides is 1. The molecule has 0 atom stereocenters. The van der Waals surface area contributed by atoms with E-state index in [1.54, 1.807) is 24.9 Å². The van der Waals surface area contributed by atoms with E-state index in [0.717, 1.165) is 33.0 Å². The summed E-state index contributed by atoms with van der Waals surface area (Å²) >= 11 is 1.71. The summed E-state index contributed by atoms with van der Waals surface area (Å²) in [5.74, 6) is 2.15. The Labute approximate surface area is 158 Å². The molecule has 0 fully saturated rings. The predicted octanol–water partition coefficient (Wildman–Crippen LogP) is 2.29. The Hall–Kier alpha value is -3.07. The van der Waals surface area contributed by atoms with Crippen LogP contribution in [0.25, 0.3) is 11.3 Å². The summed E-state index contributed by atoms with van der Waals surface area (Å²) in [6.45, 7) is -0.223. The molecule has 0 bridgehead atoms. The number of hydrogen-bond donors (Lipinski definition) is 1. The van der Waals surface area contributed by atoms with Crippen molar-refractivity contribution in [2.24, 2.45) is 0 Å². The molecule has 1 aromatic carbocycles. The minimum Gasteiger partial charge on any atom is -0.497 e. The maximum atomic E-state index is 12.4. The number of carbonyl (C=O) groups excluding carboxylic acids is 1. The van der Waals surface area contributed by atoms with Crippen molar-refractivity contribution in [3.8, 4) is 17.0 Å². The normalized spacial score (nSPS) is 12.6. The van der Waals surface area contributed by atoms with Crippen LogP contribution in [0.2, 0.25) is 0 Å². The van der Waals surface area contributed by atoms with Gasteiger partial charge in [0.15, 0.2) is 0 Å². The highest BCUT2D eigenvalue weighted by molar-refractivity contribution is 7.98. The molecule has 1 amide bonds. The third-order valence-corrected chi connectivity index (χ3v) is 5.10. The van der Waals surface area contributed by atoms with E-state index >= 15 is 0 Å². The van der Waals surface area contributed by atoms with E-state index in [9.17, 15) is 9.59 Å². The van der Waals surface area contributed by atoms with Gasteiger partial charge in [0.05, 0.1) is 24.1 Å². The van der Waals surface area contributed by atoms with Gasteiger partial charge in [0.25, 0.3) is 5.56 Å². The summed E-state index contributed by atoms with van der Waals surface area (Å²) in [5, 5.41) is 10.9. The second-order valence-corrected chi connectivity index (χ2v) is 6.91. The van der Waals surface area contributed by atoms with Gasteiger partial charge >= 0.3 is 0 Å². The molecule has 0 radical (unpaired) electrons. The van der Waals surface area contributed by atoms with Crippen LogP contribution in [0.1, 0.15) is 11.3 Å². The molecule has 9 heteroatoms. The number of nitrogens with one attached hydrogen (secondary N) is 1. The van der Waals surface area contributed by atoms with Gasteiger partial charge in [-0.25, -0.2) is 4.68 Å². The first-order chi connectivity index (χ1) is 13.1. The van der Waals surface area contributed by atoms with Crippen LogP contribution >= 0.6 is 11.8 Å². The summed E-state index contributed by atoms with van der Waals surface area (Å²) in [6, 6.07) is 10.3. The van der Waals surface area contributed by atoms with E-state index in [2.05, 4.69) is 15.6 Å². The van der Waals surface area contributed by atoms with Gasteiger partial charge in [-0.3, -0.25) is 14.9 Å². The summed E-state index contributed by atoms with van der Waals surface area (Å²) in [6.07, 6.45) is 0. The molecule has 1 aliphatic rings. The molecule has 0 aliphatic carbocycles. The molecule has 4 rings (SSSR count). The highest BCUT2D eigenvalue weighted by Gasteiger charge is 2.23. The van der Waals surface area contributed by atoms with Gasteiger partial charge in [-0.1, -0.05) is 17.3 Å². The van der Waals surface area contributed by atoms with Crippen molar-refractivity contribution >= 4 is 23.6 Å². The van der Waals surface area contributed by atoms with Gasteiger partial charge in [0.1, 0.15) is 12.3 Å². The molecule has 1 aliphatic heterocycles. The van der Waals surface area contributed by atoms with E-state index in [0.29, 0.717) is 17.3 Å². The van der Waals surface area contributed by atoms with E-state index in [1.807, 2.05) is 24.3 Å². The summed E-state index contributed by atoms with van der Waals surface area (Å²) in [4.78, 5) is 24.5. The molecule has 27 heavy (non-hydrogen) atoms. The molecule has 3 aromatic rings. The molecule has 0 saturated heterocycles. The quantitative estimate of drug-likeness (QED) is 0.720. The topological polar surface area (TPSA) is 99.2 Å². The first kappa shape index (κ1) is 17.3. The van der Waals surface area contributed by atoms with Gasteiger partial charge in [-0.05, 0) is 18.2 Å². The van der Waals surface area contributed by atoms with Crippen molar-refractivity contribution in [2.75, 3.05) is 12.4 Å². The smallest absolute Gasteiger partial charge is 0.267 e. The molecule has 0 spiro atoms. The predicted molar refractivity (Wildman–Crippen MR) is 101 cm³/mol. The molecule has 0 unspecified atom stereocenters. The van der Waals surface area contributed by atoms with Crippen LogP contribution in [-0.2, 0) is 22.8 Å². The zero-order valence-corrected chi connectivity index (χ0v) is 15.3. The van der Waals surface area contributed by atoms with Crippen molar-refractivity contribution in [1.29, 1.82) is 0 Å². The Balaban J connectivity index is 1.54. The summed E-state index contributed by atoms with van der Waals surface area (Å²) < 4.78 is 11.5. The fraction of sp³-hybridized carbons (Fsp3) is 0.222. The first-order valence-corrected chi connectivity index (χ1v) is 9.37. The minimum atomic E-state index is -0.400. The first-order valence-electron chi connectivity index (χ1n) is 8.21.